The molecular formula is C12H15N3O3. The van der Waals surface area contributed by atoms with Gasteiger partial charge in [0.25, 0.3) is 11.7 Å². The van der Waals surface area contributed by atoms with Gasteiger partial charge in [0.05, 0.1) is 4.92 Å². The van der Waals surface area contributed by atoms with Gasteiger partial charge >= 0.3 is 0 Å². The van der Waals surface area contributed by atoms with Gasteiger partial charge in [0.2, 0.25) is 0 Å². The van der Waals surface area contributed by atoms with Crippen molar-refractivity contribution in [2.24, 2.45) is 0 Å². The number of fused-ring (bicyclic) bond motifs is 1. The molecule has 0 amide bonds. The van der Waals surface area contributed by atoms with Crippen LogP contribution in [0.1, 0.15) is 26.7 Å². The second-order valence-corrected chi connectivity index (χ2v) is 4.09. The summed E-state index contributed by atoms with van der Waals surface area (Å²) in [5, 5.41) is 13.8. The summed E-state index contributed by atoms with van der Waals surface area (Å²) in [4.78, 5) is 14.4. The van der Waals surface area contributed by atoms with E-state index in [-0.39, 0.29) is 5.69 Å². The molecule has 2 rings (SSSR count). The van der Waals surface area contributed by atoms with Gasteiger partial charge in [-0.25, -0.2) is 0 Å². The zero-order valence-corrected chi connectivity index (χ0v) is 10.3. The van der Waals surface area contributed by atoms with Crippen molar-refractivity contribution in [2.75, 3.05) is 5.32 Å². The average Bonchev–Trinajstić information content (AvgIpc) is 2.76. The van der Waals surface area contributed by atoms with Crippen molar-refractivity contribution < 1.29 is 9.34 Å². The number of hydrogen-bond acceptors (Lipinski definition) is 5. The summed E-state index contributed by atoms with van der Waals surface area (Å²) in [6.07, 6.45) is 1.94. The van der Waals surface area contributed by atoms with Crippen molar-refractivity contribution in [1.29, 1.82) is 0 Å². The highest BCUT2D eigenvalue weighted by Gasteiger charge is 2.13. The third-order valence-corrected chi connectivity index (χ3v) is 2.90. The van der Waals surface area contributed by atoms with Crippen molar-refractivity contribution in [3.63, 3.8) is 0 Å². The van der Waals surface area contributed by atoms with Crippen molar-refractivity contribution in [3.8, 4) is 0 Å². The highest BCUT2D eigenvalue weighted by Crippen LogP contribution is 2.24. The molecule has 0 aliphatic carbocycles. The lowest BCUT2D eigenvalue weighted by Crippen LogP contribution is -2.16. The van der Waals surface area contributed by atoms with E-state index >= 15 is 0 Å². The summed E-state index contributed by atoms with van der Waals surface area (Å²) in [6, 6.07) is 5.11. The molecule has 0 aliphatic rings. The number of aromatic nitrogens is 1. The molecule has 6 heteroatoms. The molecule has 1 aromatic carbocycles. The van der Waals surface area contributed by atoms with Crippen LogP contribution in [0.2, 0.25) is 0 Å². The van der Waals surface area contributed by atoms with E-state index in [1.54, 1.807) is 6.07 Å². The van der Waals surface area contributed by atoms with Crippen LogP contribution in [0.3, 0.4) is 0 Å². The number of nitrogens with one attached hydrogen (secondary N) is 1. The third-order valence-electron chi connectivity index (χ3n) is 2.90. The van der Waals surface area contributed by atoms with E-state index < -0.39 is 4.92 Å². The largest absolute Gasteiger partial charge is 0.424 e. The molecule has 6 nitrogen and oxygen atoms in total. The number of benzene rings is 1. The molecule has 0 saturated heterocycles. The number of nitro groups is 1. The van der Waals surface area contributed by atoms with Crippen molar-refractivity contribution in [3.05, 3.63) is 28.3 Å². The van der Waals surface area contributed by atoms with Gasteiger partial charge < -0.3 is 9.73 Å². The van der Waals surface area contributed by atoms with E-state index in [0.29, 0.717) is 23.2 Å². The molecule has 0 bridgehead atoms. The van der Waals surface area contributed by atoms with Crippen LogP contribution >= 0.6 is 0 Å². The Balaban J connectivity index is 2.29. The highest BCUT2D eigenvalue weighted by atomic mass is 16.6. The lowest BCUT2D eigenvalue weighted by atomic mass is 10.2. The molecule has 0 atom stereocenters. The fourth-order valence-electron chi connectivity index (χ4n) is 1.76. The van der Waals surface area contributed by atoms with Crippen LogP contribution < -0.4 is 5.32 Å². The second kappa shape index (κ2) is 5.03. The van der Waals surface area contributed by atoms with Gasteiger partial charge in [0.15, 0.2) is 5.58 Å². The molecule has 0 fully saturated rings. The summed E-state index contributed by atoms with van der Waals surface area (Å²) in [5.74, 6) is 0. The number of nitrogens with zero attached hydrogens (tertiary/aromatic N) is 2. The molecule has 96 valence electrons. The SMILES string of the molecule is CCC(CC)Nc1nc2cc([N+](=O)[O-])ccc2o1. The Morgan fingerprint density at radius 1 is 1.44 bits per heavy atom. The average molecular weight is 249 g/mol. The Morgan fingerprint density at radius 3 is 2.78 bits per heavy atom. The molecule has 18 heavy (non-hydrogen) atoms. The van der Waals surface area contributed by atoms with E-state index in [0.717, 1.165) is 12.8 Å². The molecule has 1 N–H and O–H groups in total. The van der Waals surface area contributed by atoms with Crippen LogP contribution in [0, 0.1) is 10.1 Å². The Morgan fingerprint density at radius 2 is 2.17 bits per heavy atom. The number of non-ortho nitro benzene ring substituents is 1. The molecule has 0 radical (unpaired) electrons. The maximum atomic E-state index is 10.7. The molecule has 0 aliphatic heterocycles. The minimum absolute atomic E-state index is 0.0184. The van der Waals surface area contributed by atoms with Crippen LogP contribution in [-0.4, -0.2) is 15.9 Å². The van der Waals surface area contributed by atoms with Crippen LogP contribution in [0.15, 0.2) is 22.6 Å². The first kappa shape index (κ1) is 12.3. The summed E-state index contributed by atoms with van der Waals surface area (Å²) in [7, 11) is 0. The van der Waals surface area contributed by atoms with Crippen LogP contribution in [-0.2, 0) is 0 Å². The minimum atomic E-state index is -0.442. The fourth-order valence-corrected chi connectivity index (χ4v) is 1.76. The fraction of sp³-hybridized carbons (Fsp3) is 0.417. The summed E-state index contributed by atoms with van der Waals surface area (Å²) >= 11 is 0. The Bertz CT molecular complexity index is 561. The quantitative estimate of drug-likeness (QED) is 0.649. The summed E-state index contributed by atoms with van der Waals surface area (Å²) < 4.78 is 5.49. The second-order valence-electron chi connectivity index (χ2n) is 4.09. The predicted octanol–water partition coefficient (Wildman–Crippen LogP) is 3.34. The standard InChI is InChI=1S/C12H15N3O3/c1-3-8(4-2)13-12-14-10-7-9(15(16)17)5-6-11(10)18-12/h5-8H,3-4H2,1-2H3,(H,13,14). The van der Waals surface area contributed by atoms with Gasteiger partial charge in [-0.05, 0) is 18.9 Å². The minimum Gasteiger partial charge on any atom is -0.424 e. The van der Waals surface area contributed by atoms with E-state index in [9.17, 15) is 10.1 Å². The molecular weight excluding hydrogens is 234 g/mol. The number of hydrogen-bond donors (Lipinski definition) is 1. The summed E-state index contributed by atoms with van der Waals surface area (Å²) in [5.41, 5.74) is 1.07. The number of anilines is 1. The molecule has 0 saturated carbocycles. The van der Waals surface area contributed by atoms with Crippen molar-refractivity contribution in [2.45, 2.75) is 32.7 Å². The first-order chi connectivity index (χ1) is 8.63. The first-order valence-electron chi connectivity index (χ1n) is 5.95. The zero-order chi connectivity index (χ0) is 13.1. The normalized spacial score (nSPS) is 11.1. The van der Waals surface area contributed by atoms with Gasteiger partial charge in [0.1, 0.15) is 5.52 Å². The predicted molar refractivity (Wildman–Crippen MR) is 68.7 cm³/mol. The van der Waals surface area contributed by atoms with Crippen molar-refractivity contribution in [1.82, 2.24) is 4.98 Å². The monoisotopic (exact) mass is 249 g/mol. The molecule has 2 aromatic rings. The molecule has 1 heterocycles. The van der Waals surface area contributed by atoms with E-state index in [1.807, 2.05) is 0 Å². The van der Waals surface area contributed by atoms with Gasteiger partial charge in [-0.3, -0.25) is 10.1 Å². The number of nitro benzene ring substituents is 1. The van der Waals surface area contributed by atoms with Crippen LogP contribution in [0.25, 0.3) is 11.1 Å². The van der Waals surface area contributed by atoms with Crippen molar-refractivity contribution >= 4 is 22.8 Å². The van der Waals surface area contributed by atoms with Crippen LogP contribution in [0.5, 0.6) is 0 Å². The number of rotatable bonds is 5. The Hall–Kier alpha value is -2.11. The molecule has 0 unspecified atom stereocenters. The lowest BCUT2D eigenvalue weighted by Gasteiger charge is -2.11. The molecule has 0 spiro atoms. The zero-order valence-electron chi connectivity index (χ0n) is 10.3. The Labute approximate surface area is 104 Å². The van der Waals surface area contributed by atoms with E-state index in [2.05, 4.69) is 24.1 Å². The third kappa shape index (κ3) is 2.42. The lowest BCUT2D eigenvalue weighted by molar-refractivity contribution is -0.384. The maximum absolute atomic E-state index is 10.7. The first-order valence-corrected chi connectivity index (χ1v) is 5.95. The maximum Gasteiger partial charge on any atom is 0.295 e. The Kier molecular flexibility index (Phi) is 3.45. The van der Waals surface area contributed by atoms with Gasteiger partial charge in [-0.1, -0.05) is 13.8 Å². The topological polar surface area (TPSA) is 81.2 Å². The summed E-state index contributed by atoms with van der Waals surface area (Å²) in [6.45, 7) is 4.16. The number of oxazole rings is 1. The van der Waals surface area contributed by atoms with Crippen LogP contribution in [0.4, 0.5) is 11.7 Å². The van der Waals surface area contributed by atoms with E-state index in [4.69, 9.17) is 4.42 Å². The van der Waals surface area contributed by atoms with Gasteiger partial charge in [0, 0.05) is 18.2 Å². The smallest absolute Gasteiger partial charge is 0.295 e. The van der Waals surface area contributed by atoms with Gasteiger partial charge in [-0.15, -0.1) is 0 Å². The highest BCUT2D eigenvalue weighted by molar-refractivity contribution is 5.77. The van der Waals surface area contributed by atoms with E-state index in [1.165, 1.54) is 12.1 Å². The molecule has 1 aromatic heterocycles. The van der Waals surface area contributed by atoms with Gasteiger partial charge in [-0.2, -0.15) is 4.98 Å².